The van der Waals surface area contributed by atoms with E-state index in [1.807, 2.05) is 0 Å². The minimum atomic E-state index is 0.414. The van der Waals surface area contributed by atoms with Gasteiger partial charge in [-0.25, -0.2) is 0 Å². The van der Waals surface area contributed by atoms with Gasteiger partial charge in [-0.05, 0) is 49.8 Å². The van der Waals surface area contributed by atoms with E-state index < -0.39 is 0 Å². The third-order valence-corrected chi connectivity index (χ3v) is 5.16. The molecule has 0 spiro atoms. The Bertz CT molecular complexity index is 382. The molecule has 1 aliphatic carbocycles. The minimum absolute atomic E-state index is 0.414. The Balaban J connectivity index is 1.97. The Labute approximate surface area is 130 Å². The summed E-state index contributed by atoms with van der Waals surface area (Å²) >= 11 is 0. The number of benzene rings is 1. The summed E-state index contributed by atoms with van der Waals surface area (Å²) in [5, 5.41) is 0. The number of hydrogen-bond acceptors (Lipinski definition) is 2. The van der Waals surface area contributed by atoms with Crippen molar-refractivity contribution < 1.29 is 0 Å². The number of unbranched alkanes of at least 4 members (excludes halogenated alkanes) is 1. The van der Waals surface area contributed by atoms with E-state index in [-0.39, 0.29) is 0 Å². The van der Waals surface area contributed by atoms with Crippen LogP contribution in [0.1, 0.15) is 58.3 Å². The van der Waals surface area contributed by atoms with Crippen LogP contribution in [0.2, 0.25) is 0 Å². The second-order valence-corrected chi connectivity index (χ2v) is 6.69. The second kappa shape index (κ2) is 8.43. The quantitative estimate of drug-likeness (QED) is 0.758. The van der Waals surface area contributed by atoms with Crippen LogP contribution in [0.5, 0.6) is 0 Å². The molecular formula is C19H32N2. The molecule has 118 valence electrons. The molecule has 1 aromatic carbocycles. The van der Waals surface area contributed by atoms with Crippen LogP contribution in [-0.2, 0) is 0 Å². The van der Waals surface area contributed by atoms with Crippen molar-refractivity contribution in [3.8, 4) is 0 Å². The van der Waals surface area contributed by atoms with E-state index in [1.165, 1.54) is 63.6 Å². The average molecular weight is 288 g/mol. The van der Waals surface area contributed by atoms with E-state index in [0.717, 1.165) is 13.1 Å². The van der Waals surface area contributed by atoms with Crippen molar-refractivity contribution in [2.45, 2.75) is 58.3 Å². The van der Waals surface area contributed by atoms with Gasteiger partial charge in [0.2, 0.25) is 0 Å². The molecule has 2 N–H and O–H groups in total. The van der Waals surface area contributed by atoms with Gasteiger partial charge in [0.15, 0.2) is 0 Å². The number of hydrogen-bond donors (Lipinski definition) is 1. The van der Waals surface area contributed by atoms with Crippen LogP contribution in [-0.4, -0.2) is 19.6 Å². The van der Waals surface area contributed by atoms with E-state index in [1.54, 1.807) is 0 Å². The molecule has 0 heterocycles. The fourth-order valence-corrected chi connectivity index (χ4v) is 3.59. The van der Waals surface area contributed by atoms with Gasteiger partial charge in [-0.15, -0.1) is 0 Å². The van der Waals surface area contributed by atoms with Crippen molar-refractivity contribution in [3.05, 3.63) is 30.3 Å². The van der Waals surface area contributed by atoms with Gasteiger partial charge in [-0.3, -0.25) is 0 Å². The topological polar surface area (TPSA) is 29.3 Å². The van der Waals surface area contributed by atoms with Crippen LogP contribution >= 0.6 is 0 Å². The smallest absolute Gasteiger partial charge is 0.0366 e. The molecule has 1 saturated carbocycles. The van der Waals surface area contributed by atoms with Crippen LogP contribution < -0.4 is 10.6 Å². The van der Waals surface area contributed by atoms with Crippen LogP contribution in [0.4, 0.5) is 5.69 Å². The first-order valence-electron chi connectivity index (χ1n) is 8.80. The third kappa shape index (κ3) is 4.74. The molecule has 1 fully saturated rings. The fraction of sp³-hybridized carbons (Fsp3) is 0.684. The summed E-state index contributed by atoms with van der Waals surface area (Å²) in [6.07, 6.45) is 10.6. The predicted molar refractivity (Wildman–Crippen MR) is 92.8 cm³/mol. The molecule has 0 aromatic heterocycles. The minimum Gasteiger partial charge on any atom is -0.372 e. The maximum absolute atomic E-state index is 6.14. The molecule has 0 amide bonds. The number of nitrogens with two attached hydrogens (primary N) is 1. The molecule has 1 aliphatic rings. The largest absolute Gasteiger partial charge is 0.372 e. The van der Waals surface area contributed by atoms with Gasteiger partial charge < -0.3 is 10.6 Å². The lowest BCUT2D eigenvalue weighted by atomic mass is 9.72. The molecule has 0 bridgehead atoms. The molecule has 2 nitrogen and oxygen atoms in total. The predicted octanol–water partition coefficient (Wildman–Crippen LogP) is 4.59. The zero-order valence-electron chi connectivity index (χ0n) is 13.7. The Morgan fingerprint density at radius 2 is 1.76 bits per heavy atom. The van der Waals surface area contributed by atoms with E-state index >= 15 is 0 Å². The normalized spacial score (nSPS) is 17.6. The van der Waals surface area contributed by atoms with Gasteiger partial charge in [-0.1, -0.05) is 50.8 Å². The first kappa shape index (κ1) is 16.4. The first-order chi connectivity index (χ1) is 10.3. The van der Waals surface area contributed by atoms with Gasteiger partial charge >= 0.3 is 0 Å². The molecule has 0 aliphatic heterocycles. The lowest BCUT2D eigenvalue weighted by molar-refractivity contribution is 0.184. The highest BCUT2D eigenvalue weighted by molar-refractivity contribution is 5.45. The van der Waals surface area contributed by atoms with Crippen LogP contribution in [0.25, 0.3) is 0 Å². The van der Waals surface area contributed by atoms with Crippen molar-refractivity contribution in [1.29, 1.82) is 0 Å². The Kier molecular flexibility index (Phi) is 6.56. The zero-order valence-corrected chi connectivity index (χ0v) is 13.7. The second-order valence-electron chi connectivity index (χ2n) is 6.69. The van der Waals surface area contributed by atoms with Crippen LogP contribution in [0.15, 0.2) is 30.3 Å². The maximum Gasteiger partial charge on any atom is 0.0366 e. The van der Waals surface area contributed by atoms with Crippen molar-refractivity contribution in [3.63, 3.8) is 0 Å². The van der Waals surface area contributed by atoms with E-state index in [9.17, 15) is 0 Å². The highest BCUT2D eigenvalue weighted by Gasteiger charge is 2.30. The molecule has 0 saturated heterocycles. The summed E-state index contributed by atoms with van der Waals surface area (Å²) in [6.45, 7) is 5.46. The monoisotopic (exact) mass is 288 g/mol. The van der Waals surface area contributed by atoms with E-state index in [0.29, 0.717) is 5.41 Å². The Hall–Kier alpha value is -1.02. The molecular weight excluding hydrogens is 256 g/mol. The van der Waals surface area contributed by atoms with Crippen LogP contribution in [0, 0.1) is 5.41 Å². The van der Waals surface area contributed by atoms with Gasteiger partial charge in [0.05, 0.1) is 0 Å². The number of nitrogens with zero attached hydrogens (tertiary/aromatic N) is 1. The van der Waals surface area contributed by atoms with Gasteiger partial charge in [0.25, 0.3) is 0 Å². The standard InChI is InChI=1S/C19H32N2/c1-2-3-15-21(18-10-6-4-7-11-18)16-14-19(17-20)12-8-5-9-13-19/h4,6-7,10-11H,2-3,5,8-9,12-17,20H2,1H3. The highest BCUT2D eigenvalue weighted by atomic mass is 15.1. The third-order valence-electron chi connectivity index (χ3n) is 5.16. The Morgan fingerprint density at radius 3 is 2.38 bits per heavy atom. The summed E-state index contributed by atoms with van der Waals surface area (Å²) in [7, 11) is 0. The SMILES string of the molecule is CCCCN(CCC1(CN)CCCCC1)c1ccccc1. The molecule has 0 radical (unpaired) electrons. The van der Waals surface area contributed by atoms with Gasteiger partial charge in [0, 0.05) is 18.8 Å². The van der Waals surface area contributed by atoms with Crippen LogP contribution in [0.3, 0.4) is 0 Å². The summed E-state index contributed by atoms with van der Waals surface area (Å²) in [6, 6.07) is 10.9. The molecule has 0 atom stereocenters. The number of anilines is 1. The van der Waals surface area contributed by atoms with Crippen molar-refractivity contribution in [2.75, 3.05) is 24.5 Å². The molecule has 1 aromatic rings. The summed E-state index contributed by atoms with van der Waals surface area (Å²) in [5.74, 6) is 0. The van der Waals surface area contributed by atoms with Crippen molar-refractivity contribution >= 4 is 5.69 Å². The summed E-state index contributed by atoms with van der Waals surface area (Å²) < 4.78 is 0. The number of rotatable bonds is 8. The average Bonchev–Trinajstić information content (AvgIpc) is 2.56. The maximum atomic E-state index is 6.14. The van der Waals surface area contributed by atoms with Gasteiger partial charge in [-0.2, -0.15) is 0 Å². The van der Waals surface area contributed by atoms with Crippen molar-refractivity contribution in [2.24, 2.45) is 11.1 Å². The summed E-state index contributed by atoms with van der Waals surface area (Å²) in [4.78, 5) is 2.56. The van der Waals surface area contributed by atoms with E-state index in [4.69, 9.17) is 5.73 Å². The summed E-state index contributed by atoms with van der Waals surface area (Å²) in [5.41, 5.74) is 7.93. The molecule has 2 heteroatoms. The van der Waals surface area contributed by atoms with Gasteiger partial charge in [0.1, 0.15) is 0 Å². The fourth-order valence-electron chi connectivity index (χ4n) is 3.59. The number of para-hydroxylation sites is 1. The highest BCUT2D eigenvalue weighted by Crippen LogP contribution is 2.38. The van der Waals surface area contributed by atoms with E-state index in [2.05, 4.69) is 42.2 Å². The van der Waals surface area contributed by atoms with Crippen molar-refractivity contribution in [1.82, 2.24) is 0 Å². The molecule has 2 rings (SSSR count). The lowest BCUT2D eigenvalue weighted by Gasteiger charge is -2.38. The zero-order chi connectivity index (χ0) is 15.0. The molecule has 21 heavy (non-hydrogen) atoms. The first-order valence-corrected chi connectivity index (χ1v) is 8.80. The molecule has 0 unspecified atom stereocenters. The lowest BCUT2D eigenvalue weighted by Crippen LogP contribution is -2.37. The Morgan fingerprint density at radius 1 is 1.05 bits per heavy atom.